The highest BCUT2D eigenvalue weighted by atomic mass is 16.3. The van der Waals surface area contributed by atoms with Gasteiger partial charge in [-0.2, -0.15) is 0 Å². The summed E-state index contributed by atoms with van der Waals surface area (Å²) in [5.41, 5.74) is 20.3. The molecule has 0 saturated carbocycles. The zero-order valence-corrected chi connectivity index (χ0v) is 39.9. The van der Waals surface area contributed by atoms with Gasteiger partial charge in [-0.15, -0.1) is 0 Å². The molecule has 0 spiro atoms. The number of hydrogen-bond donors (Lipinski definition) is 0. The first kappa shape index (κ1) is 42.6. The van der Waals surface area contributed by atoms with E-state index in [0.717, 1.165) is 133 Å². The summed E-state index contributed by atoms with van der Waals surface area (Å²) in [4.78, 5) is 4.34. The zero-order chi connectivity index (χ0) is 48.5. The maximum atomic E-state index is 6.35. The van der Waals surface area contributed by atoms with Crippen molar-refractivity contribution < 1.29 is 8.83 Å². The second-order valence-electron chi connectivity index (χ2n) is 18.4. The molecule has 342 valence electrons. The standard InChI is InChI=1S/C67H47N3O2/c1-5-15-64-53(7-3)54-27-22-49(39-66(54)71-64)47-24-29-61-57(36-47)56(42(4)69(61)51-18-10-8-11-19-51)35-43(6-2)44-16-14-17-45(34-44)46-25-30-62-58(37-46)59-38-48(26-31-63(59)70(62)52-20-12-9-13-21-52)50-23-28-55-60-41-68-33-32-65(60)72-67(55)40-50/h5-41H,2-3H2,1,4H3/b15-5-,43-35+. The molecule has 0 aliphatic heterocycles. The van der Waals surface area contributed by atoms with E-state index in [1.165, 1.54) is 10.8 Å². The van der Waals surface area contributed by atoms with Crippen molar-refractivity contribution in [2.75, 3.05) is 0 Å². The van der Waals surface area contributed by atoms with Gasteiger partial charge in [0.2, 0.25) is 0 Å². The van der Waals surface area contributed by atoms with Gasteiger partial charge in [0.05, 0.1) is 16.6 Å². The topological polar surface area (TPSA) is 49.0 Å². The van der Waals surface area contributed by atoms with Crippen LogP contribution in [-0.4, -0.2) is 14.1 Å². The van der Waals surface area contributed by atoms with Crippen molar-refractivity contribution >= 4 is 89.4 Å². The summed E-state index contributed by atoms with van der Waals surface area (Å²) >= 11 is 0. The van der Waals surface area contributed by atoms with E-state index in [0.29, 0.717) is 0 Å². The summed E-state index contributed by atoms with van der Waals surface area (Å²) in [5.74, 6) is 0.817. The number of para-hydroxylation sites is 2. The first-order valence-electron chi connectivity index (χ1n) is 24.3. The maximum absolute atomic E-state index is 6.35. The second-order valence-corrected chi connectivity index (χ2v) is 18.4. The third-order valence-corrected chi connectivity index (χ3v) is 14.3. The van der Waals surface area contributed by atoms with Gasteiger partial charge >= 0.3 is 0 Å². The molecule has 0 unspecified atom stereocenters. The van der Waals surface area contributed by atoms with E-state index >= 15 is 0 Å². The van der Waals surface area contributed by atoms with Crippen molar-refractivity contribution in [2.45, 2.75) is 13.8 Å². The van der Waals surface area contributed by atoms with Gasteiger partial charge in [-0.25, -0.2) is 0 Å². The lowest BCUT2D eigenvalue weighted by atomic mass is 9.95. The largest absolute Gasteiger partial charge is 0.456 e. The lowest BCUT2D eigenvalue weighted by Crippen LogP contribution is -1.96. The summed E-state index contributed by atoms with van der Waals surface area (Å²) in [7, 11) is 0. The van der Waals surface area contributed by atoms with E-state index in [4.69, 9.17) is 8.83 Å². The van der Waals surface area contributed by atoms with E-state index in [2.05, 4.69) is 216 Å². The SMILES string of the molecule is C=C/C(=C\c1c(C)n(-c2ccccc2)c2ccc(-c3ccc4c(C=C)c(/C=C\C)oc4c3)cc12)c1cccc(-c2ccc3c(c2)c2cc(-c4ccc5c(c4)oc4ccncc45)ccc2n3-c2ccccc2)c1. The fourth-order valence-electron chi connectivity index (χ4n) is 10.8. The first-order chi connectivity index (χ1) is 35.5. The number of hydrogen-bond acceptors (Lipinski definition) is 3. The predicted octanol–water partition coefficient (Wildman–Crippen LogP) is 18.5. The number of nitrogens with zero attached hydrogens (tertiary/aromatic N) is 3. The van der Waals surface area contributed by atoms with E-state index in [1.807, 2.05) is 43.5 Å². The minimum absolute atomic E-state index is 0.817. The Kier molecular flexibility index (Phi) is 10.2. The minimum Gasteiger partial charge on any atom is -0.456 e. The number of aromatic nitrogens is 3. The quantitative estimate of drug-likeness (QED) is 0.128. The minimum atomic E-state index is 0.817. The second kappa shape index (κ2) is 17.2. The molecule has 0 fully saturated rings. The molecule has 13 rings (SSSR count). The van der Waals surface area contributed by atoms with Crippen LogP contribution in [0.4, 0.5) is 0 Å². The summed E-state index contributed by atoms with van der Waals surface area (Å²) in [6.07, 6.45) is 13.8. The molecule has 5 heteroatoms. The Hall–Kier alpha value is -9.45. The van der Waals surface area contributed by atoms with Crippen molar-refractivity contribution in [3.8, 4) is 44.8 Å². The molecule has 5 aromatic heterocycles. The predicted molar refractivity (Wildman–Crippen MR) is 303 cm³/mol. The van der Waals surface area contributed by atoms with Gasteiger partial charge in [0.25, 0.3) is 0 Å². The van der Waals surface area contributed by atoms with Gasteiger partial charge in [0.15, 0.2) is 0 Å². The average Bonchev–Trinajstić information content (AvgIpc) is 4.16. The summed E-state index contributed by atoms with van der Waals surface area (Å²) in [6, 6.07) is 65.4. The van der Waals surface area contributed by atoms with Crippen LogP contribution in [-0.2, 0) is 0 Å². The van der Waals surface area contributed by atoms with Crippen LogP contribution in [0.1, 0.15) is 35.1 Å². The fourth-order valence-corrected chi connectivity index (χ4v) is 10.8. The highest BCUT2D eigenvalue weighted by Gasteiger charge is 2.19. The number of fused-ring (bicyclic) bond motifs is 8. The van der Waals surface area contributed by atoms with Crippen LogP contribution >= 0.6 is 0 Å². The van der Waals surface area contributed by atoms with E-state index in [-0.39, 0.29) is 0 Å². The molecular weight excluding hydrogens is 879 g/mol. The first-order valence-corrected chi connectivity index (χ1v) is 24.3. The smallest absolute Gasteiger partial charge is 0.138 e. The molecule has 0 N–H and O–H groups in total. The number of furan rings is 2. The molecule has 0 radical (unpaired) electrons. The molecule has 0 amide bonds. The zero-order valence-electron chi connectivity index (χ0n) is 39.9. The highest BCUT2D eigenvalue weighted by molar-refractivity contribution is 6.12. The fraction of sp³-hybridized carbons (Fsp3) is 0.0299. The normalized spacial score (nSPS) is 12.2. The van der Waals surface area contributed by atoms with E-state index in [9.17, 15) is 0 Å². The molecule has 5 heterocycles. The Morgan fingerprint density at radius 2 is 1.06 bits per heavy atom. The van der Waals surface area contributed by atoms with Gasteiger partial charge < -0.3 is 18.0 Å². The van der Waals surface area contributed by atoms with E-state index in [1.54, 1.807) is 6.20 Å². The Labute approximate surface area is 416 Å². The van der Waals surface area contributed by atoms with Gasteiger partial charge in [0, 0.05) is 72.9 Å². The molecule has 72 heavy (non-hydrogen) atoms. The monoisotopic (exact) mass is 925 g/mol. The highest BCUT2D eigenvalue weighted by Crippen LogP contribution is 2.41. The molecule has 0 aliphatic rings. The van der Waals surface area contributed by atoms with Crippen LogP contribution in [0.5, 0.6) is 0 Å². The van der Waals surface area contributed by atoms with Crippen LogP contribution in [0.3, 0.4) is 0 Å². The third kappa shape index (κ3) is 6.97. The Bertz CT molecular complexity index is 4380. The van der Waals surface area contributed by atoms with Gasteiger partial charge in [0.1, 0.15) is 22.5 Å². The summed E-state index contributed by atoms with van der Waals surface area (Å²) < 4.78 is 17.4. The summed E-state index contributed by atoms with van der Waals surface area (Å²) in [5, 5.41) is 6.65. The molecule has 13 aromatic rings. The maximum Gasteiger partial charge on any atom is 0.138 e. The van der Waals surface area contributed by atoms with Crippen LogP contribution in [0.25, 0.3) is 134 Å². The van der Waals surface area contributed by atoms with Crippen LogP contribution < -0.4 is 0 Å². The lowest BCUT2D eigenvalue weighted by molar-refractivity contribution is 0.603. The van der Waals surface area contributed by atoms with Crippen LogP contribution in [0.2, 0.25) is 0 Å². The number of allylic oxidation sites excluding steroid dienone is 3. The molecule has 0 saturated heterocycles. The molecule has 5 nitrogen and oxygen atoms in total. The Morgan fingerprint density at radius 3 is 1.69 bits per heavy atom. The Morgan fingerprint density at radius 1 is 0.486 bits per heavy atom. The van der Waals surface area contributed by atoms with Crippen molar-refractivity contribution in [1.82, 2.24) is 14.1 Å². The van der Waals surface area contributed by atoms with Crippen LogP contribution in [0, 0.1) is 6.92 Å². The lowest BCUT2D eigenvalue weighted by Gasteiger charge is -2.10. The van der Waals surface area contributed by atoms with Crippen molar-refractivity contribution in [3.05, 3.63) is 248 Å². The average molecular weight is 926 g/mol. The number of rotatable bonds is 10. The third-order valence-electron chi connectivity index (χ3n) is 14.3. The molecule has 0 atom stereocenters. The molecule has 8 aromatic carbocycles. The van der Waals surface area contributed by atoms with Gasteiger partial charge in [-0.05, 0) is 168 Å². The van der Waals surface area contributed by atoms with Crippen LogP contribution in [0.15, 0.2) is 229 Å². The number of benzene rings is 8. The molecule has 0 bridgehead atoms. The van der Waals surface area contributed by atoms with E-state index < -0.39 is 0 Å². The molecule has 0 aliphatic carbocycles. The van der Waals surface area contributed by atoms with Gasteiger partial charge in [-0.3, -0.25) is 4.98 Å². The van der Waals surface area contributed by atoms with Gasteiger partial charge in [-0.1, -0.05) is 116 Å². The number of pyridine rings is 1. The Balaban J connectivity index is 0.926. The van der Waals surface area contributed by atoms with Crippen molar-refractivity contribution in [3.63, 3.8) is 0 Å². The van der Waals surface area contributed by atoms with Crippen molar-refractivity contribution in [1.29, 1.82) is 0 Å². The van der Waals surface area contributed by atoms with Crippen molar-refractivity contribution in [2.24, 2.45) is 0 Å². The molecular formula is C67H47N3O2. The summed E-state index contributed by atoms with van der Waals surface area (Å²) in [6.45, 7) is 12.7.